The number of hydrogen-bond donors (Lipinski definition) is 0. The molecule has 0 fully saturated rings. The molecule has 1 heterocycles. The number of rotatable bonds is 3. The second-order valence-corrected chi connectivity index (χ2v) is 4.11. The minimum atomic E-state index is 0.381. The van der Waals surface area contributed by atoms with Gasteiger partial charge in [-0.3, -0.25) is 4.79 Å². The zero-order valence-corrected chi connectivity index (χ0v) is 9.74. The van der Waals surface area contributed by atoms with Gasteiger partial charge in [-0.1, -0.05) is 29.3 Å². The minimum Gasteiger partial charge on any atom is -0.324 e. The average molecular weight is 255 g/mol. The van der Waals surface area contributed by atoms with Crippen LogP contribution >= 0.6 is 23.2 Å². The van der Waals surface area contributed by atoms with Crippen LogP contribution in [0, 0.1) is 0 Å². The third-order valence-electron chi connectivity index (χ3n) is 2.21. The predicted octanol–water partition coefficient (Wildman–Crippen LogP) is 3.05. The maximum absolute atomic E-state index is 10.7. The maximum atomic E-state index is 10.7. The normalized spacial score (nSPS) is 10.4. The largest absolute Gasteiger partial charge is 0.324 e. The molecule has 1 aromatic heterocycles. The van der Waals surface area contributed by atoms with E-state index in [4.69, 9.17) is 23.2 Å². The number of hydrogen-bond acceptors (Lipinski definition) is 2. The lowest BCUT2D eigenvalue weighted by Crippen LogP contribution is -2.03. The average Bonchev–Trinajstić information content (AvgIpc) is 2.69. The molecule has 82 valence electrons. The van der Waals surface area contributed by atoms with E-state index in [-0.39, 0.29) is 0 Å². The Bertz CT molecular complexity index is 522. The Morgan fingerprint density at radius 1 is 1.38 bits per heavy atom. The first-order valence-electron chi connectivity index (χ1n) is 4.61. The third kappa shape index (κ3) is 2.26. The number of aromatic nitrogens is 2. The first-order chi connectivity index (χ1) is 7.70. The quantitative estimate of drug-likeness (QED) is 0.790. The van der Waals surface area contributed by atoms with Crippen LogP contribution in [0.1, 0.15) is 16.2 Å². The van der Waals surface area contributed by atoms with E-state index < -0.39 is 0 Å². The van der Waals surface area contributed by atoms with Gasteiger partial charge in [0.15, 0.2) is 12.1 Å². The summed E-state index contributed by atoms with van der Waals surface area (Å²) in [6.07, 6.45) is 4.02. The summed E-state index contributed by atoms with van der Waals surface area (Å²) in [6, 6.07) is 5.27. The molecule has 0 aliphatic rings. The zero-order valence-electron chi connectivity index (χ0n) is 8.23. The fourth-order valence-corrected chi connectivity index (χ4v) is 1.87. The first kappa shape index (κ1) is 11.2. The second kappa shape index (κ2) is 4.68. The highest BCUT2D eigenvalue weighted by Gasteiger charge is 2.05. The van der Waals surface area contributed by atoms with E-state index in [1.165, 1.54) is 0 Å². The van der Waals surface area contributed by atoms with Crippen LogP contribution in [0.15, 0.2) is 30.6 Å². The van der Waals surface area contributed by atoms with Gasteiger partial charge in [-0.2, -0.15) is 0 Å². The smallest absolute Gasteiger partial charge is 0.185 e. The molecule has 16 heavy (non-hydrogen) atoms. The van der Waals surface area contributed by atoms with Crippen molar-refractivity contribution in [2.45, 2.75) is 6.54 Å². The fourth-order valence-electron chi connectivity index (χ4n) is 1.41. The molecule has 0 spiro atoms. The number of halogens is 2. The van der Waals surface area contributed by atoms with E-state index in [0.717, 1.165) is 5.56 Å². The Morgan fingerprint density at radius 3 is 2.88 bits per heavy atom. The third-order valence-corrected chi connectivity index (χ3v) is 2.80. The van der Waals surface area contributed by atoms with Gasteiger partial charge in [0.2, 0.25) is 0 Å². The van der Waals surface area contributed by atoms with Crippen molar-refractivity contribution >= 4 is 29.5 Å². The number of nitrogens with zero attached hydrogens (tertiary/aromatic N) is 2. The van der Waals surface area contributed by atoms with Crippen LogP contribution in [0.3, 0.4) is 0 Å². The van der Waals surface area contributed by atoms with Crippen molar-refractivity contribution in [1.82, 2.24) is 9.55 Å². The fraction of sp³-hybridized carbons (Fsp3) is 0.0909. The first-order valence-corrected chi connectivity index (χ1v) is 5.36. The lowest BCUT2D eigenvalue weighted by Gasteiger charge is -2.06. The van der Waals surface area contributed by atoms with Gasteiger partial charge in [-0.05, 0) is 17.7 Å². The molecular formula is C11H8Cl2N2O. The highest BCUT2D eigenvalue weighted by atomic mass is 35.5. The standard InChI is InChI=1S/C11H8Cl2N2O/c12-9-2-1-8(10(13)5-9)6-15-4-3-14-11(15)7-16/h1-5,7H,6H2. The minimum absolute atomic E-state index is 0.381. The van der Waals surface area contributed by atoms with Crippen molar-refractivity contribution in [3.8, 4) is 0 Å². The molecule has 0 saturated carbocycles. The summed E-state index contributed by atoms with van der Waals surface area (Å²) in [6.45, 7) is 0.504. The van der Waals surface area contributed by atoms with Crippen LogP contribution < -0.4 is 0 Å². The van der Waals surface area contributed by atoms with E-state index >= 15 is 0 Å². The molecule has 0 atom stereocenters. The summed E-state index contributed by atoms with van der Waals surface area (Å²) in [7, 11) is 0. The molecule has 0 amide bonds. The van der Waals surface area contributed by atoms with E-state index in [1.807, 2.05) is 6.07 Å². The van der Waals surface area contributed by atoms with Crippen molar-refractivity contribution in [3.63, 3.8) is 0 Å². The summed E-state index contributed by atoms with van der Waals surface area (Å²) in [4.78, 5) is 14.6. The summed E-state index contributed by atoms with van der Waals surface area (Å²) in [5, 5.41) is 1.17. The zero-order chi connectivity index (χ0) is 11.5. The van der Waals surface area contributed by atoms with Crippen molar-refractivity contribution in [1.29, 1.82) is 0 Å². The molecule has 0 bridgehead atoms. The van der Waals surface area contributed by atoms with Gasteiger partial charge in [-0.15, -0.1) is 0 Å². The van der Waals surface area contributed by atoms with Crippen LogP contribution in [-0.4, -0.2) is 15.8 Å². The van der Waals surface area contributed by atoms with Gasteiger partial charge in [0.25, 0.3) is 0 Å². The summed E-state index contributed by atoms with van der Waals surface area (Å²) >= 11 is 11.8. The highest BCUT2D eigenvalue weighted by molar-refractivity contribution is 6.35. The van der Waals surface area contributed by atoms with Gasteiger partial charge in [-0.25, -0.2) is 4.98 Å². The van der Waals surface area contributed by atoms with Gasteiger partial charge in [0.1, 0.15) is 0 Å². The predicted molar refractivity (Wildman–Crippen MR) is 63.2 cm³/mol. The molecule has 2 aromatic rings. The molecule has 0 unspecified atom stereocenters. The SMILES string of the molecule is O=Cc1nccn1Cc1ccc(Cl)cc1Cl. The second-order valence-electron chi connectivity index (χ2n) is 3.27. The monoisotopic (exact) mass is 254 g/mol. The van der Waals surface area contributed by atoms with Gasteiger partial charge < -0.3 is 4.57 Å². The Kier molecular flexibility index (Phi) is 3.27. The molecular weight excluding hydrogens is 247 g/mol. The highest BCUT2D eigenvalue weighted by Crippen LogP contribution is 2.21. The maximum Gasteiger partial charge on any atom is 0.185 e. The van der Waals surface area contributed by atoms with Crippen LogP contribution in [0.2, 0.25) is 10.0 Å². The van der Waals surface area contributed by atoms with Crippen LogP contribution in [0.4, 0.5) is 0 Å². The number of benzene rings is 1. The Balaban J connectivity index is 2.30. The van der Waals surface area contributed by atoms with Crippen LogP contribution in [0.25, 0.3) is 0 Å². The van der Waals surface area contributed by atoms with Gasteiger partial charge in [0, 0.05) is 22.4 Å². The molecule has 3 nitrogen and oxygen atoms in total. The number of imidazole rings is 1. The van der Waals surface area contributed by atoms with E-state index in [0.29, 0.717) is 28.7 Å². The summed E-state index contributed by atoms with van der Waals surface area (Å²) in [5.74, 6) is 0.381. The summed E-state index contributed by atoms with van der Waals surface area (Å²) in [5.41, 5.74) is 0.896. The van der Waals surface area contributed by atoms with Crippen LogP contribution in [-0.2, 0) is 6.54 Å². The number of carbonyl (C=O) groups excluding carboxylic acids is 1. The number of carbonyl (C=O) groups is 1. The lowest BCUT2D eigenvalue weighted by molar-refractivity contribution is 0.111. The molecule has 0 aliphatic carbocycles. The Hall–Kier alpha value is -1.32. The molecule has 0 aliphatic heterocycles. The van der Waals surface area contributed by atoms with Crippen LogP contribution in [0.5, 0.6) is 0 Å². The van der Waals surface area contributed by atoms with Gasteiger partial charge >= 0.3 is 0 Å². The molecule has 0 saturated heterocycles. The van der Waals surface area contributed by atoms with Crippen molar-refractivity contribution in [2.24, 2.45) is 0 Å². The summed E-state index contributed by atoms with van der Waals surface area (Å²) < 4.78 is 1.72. The lowest BCUT2D eigenvalue weighted by atomic mass is 10.2. The topological polar surface area (TPSA) is 34.9 Å². The van der Waals surface area contributed by atoms with E-state index in [9.17, 15) is 4.79 Å². The Labute approximate surface area is 103 Å². The van der Waals surface area contributed by atoms with Gasteiger partial charge in [0.05, 0.1) is 6.54 Å². The van der Waals surface area contributed by atoms with E-state index in [2.05, 4.69) is 4.98 Å². The molecule has 0 radical (unpaired) electrons. The molecule has 2 rings (SSSR count). The van der Waals surface area contributed by atoms with Crippen molar-refractivity contribution < 1.29 is 4.79 Å². The molecule has 5 heteroatoms. The van der Waals surface area contributed by atoms with Crippen molar-refractivity contribution in [2.75, 3.05) is 0 Å². The molecule has 1 aromatic carbocycles. The Morgan fingerprint density at radius 2 is 2.19 bits per heavy atom. The number of aldehydes is 1. The van der Waals surface area contributed by atoms with Crippen molar-refractivity contribution in [3.05, 3.63) is 52.0 Å². The molecule has 0 N–H and O–H groups in total. The van der Waals surface area contributed by atoms with E-state index in [1.54, 1.807) is 29.1 Å².